The fraction of sp³-hybridized carbons (Fsp3) is 0.286. The molecule has 1 rings (SSSR count). The van der Waals surface area contributed by atoms with E-state index < -0.39 is 23.9 Å². The normalized spacial score (nSPS) is 9.71. The zero-order valence-corrected chi connectivity index (χ0v) is 14.6. The fourth-order valence-corrected chi connectivity index (χ4v) is 3.15. The number of hydrogen-bond acceptors (Lipinski definition) is 6. The lowest BCUT2D eigenvalue weighted by atomic mass is 10.3. The van der Waals surface area contributed by atoms with Gasteiger partial charge >= 0.3 is 12.1 Å². The van der Waals surface area contributed by atoms with E-state index in [4.69, 9.17) is 0 Å². The van der Waals surface area contributed by atoms with Crippen molar-refractivity contribution in [1.29, 1.82) is 0 Å². The number of nitrogens with one attached hydrogen (secondary N) is 4. The number of para-hydroxylation sites is 1. The summed E-state index contributed by atoms with van der Waals surface area (Å²) in [4.78, 5) is 44.9. The van der Waals surface area contributed by atoms with Crippen molar-refractivity contribution in [1.82, 2.24) is 16.0 Å². The van der Waals surface area contributed by atoms with Crippen LogP contribution in [0.1, 0.15) is 6.92 Å². The number of urea groups is 2. The Balaban J connectivity index is 2.06. The number of carbonyl (C=O) groups excluding carboxylic acids is 4. The van der Waals surface area contributed by atoms with Gasteiger partial charge in [-0.05, 0) is 12.1 Å². The summed E-state index contributed by atoms with van der Waals surface area (Å²) >= 11 is 0. The van der Waals surface area contributed by atoms with Crippen LogP contribution in [0.5, 0.6) is 0 Å². The van der Waals surface area contributed by atoms with E-state index >= 15 is 0 Å². The van der Waals surface area contributed by atoms with Crippen LogP contribution in [-0.4, -0.2) is 41.9 Å². The number of anilines is 1. The van der Waals surface area contributed by atoms with Crippen LogP contribution in [0.4, 0.5) is 15.3 Å². The molecule has 130 valence electrons. The molecule has 0 atom stereocenters. The van der Waals surface area contributed by atoms with Gasteiger partial charge in [0.15, 0.2) is 0 Å². The second-order valence-corrected chi connectivity index (χ2v) is 6.97. The average Bonchev–Trinajstić information content (AvgIpc) is 2.50. The molecular weight excluding hydrogens is 352 g/mol. The van der Waals surface area contributed by atoms with E-state index in [0.717, 1.165) is 0 Å². The standard InChI is InChI=1S/C14H18N4O4S2/c1-10(19)16-13(21)15-7-8-23-24-9-12(20)18-14(22)17-11-5-3-2-4-6-11/h2-6H,7-9H2,1H3,(H2,15,16,19,21)(H2,17,18,20,22). The first-order chi connectivity index (χ1) is 11.5. The lowest BCUT2D eigenvalue weighted by Gasteiger charge is -2.06. The Bertz CT molecular complexity index is 583. The highest BCUT2D eigenvalue weighted by Crippen LogP contribution is 2.19. The summed E-state index contributed by atoms with van der Waals surface area (Å²) in [5.41, 5.74) is 0.597. The van der Waals surface area contributed by atoms with Crippen LogP contribution < -0.4 is 21.3 Å². The number of carbonyl (C=O) groups is 4. The highest BCUT2D eigenvalue weighted by molar-refractivity contribution is 8.76. The number of amides is 6. The van der Waals surface area contributed by atoms with Gasteiger partial charge in [0, 0.05) is 24.9 Å². The maximum Gasteiger partial charge on any atom is 0.325 e. The molecule has 1 aromatic carbocycles. The van der Waals surface area contributed by atoms with Crippen molar-refractivity contribution in [3.05, 3.63) is 30.3 Å². The molecular formula is C14H18N4O4S2. The third-order valence-electron chi connectivity index (χ3n) is 2.32. The van der Waals surface area contributed by atoms with Crippen LogP contribution in [0.2, 0.25) is 0 Å². The zero-order valence-electron chi connectivity index (χ0n) is 13.0. The van der Waals surface area contributed by atoms with Crippen LogP contribution in [0, 0.1) is 0 Å². The van der Waals surface area contributed by atoms with E-state index in [0.29, 0.717) is 18.0 Å². The van der Waals surface area contributed by atoms with Crippen LogP contribution in [0.25, 0.3) is 0 Å². The van der Waals surface area contributed by atoms with Gasteiger partial charge in [0.2, 0.25) is 11.8 Å². The predicted octanol–water partition coefficient (Wildman–Crippen LogP) is 1.56. The molecule has 0 spiro atoms. The third-order valence-corrected chi connectivity index (χ3v) is 4.59. The molecule has 0 aliphatic carbocycles. The van der Waals surface area contributed by atoms with E-state index in [9.17, 15) is 19.2 Å². The fourth-order valence-electron chi connectivity index (χ4n) is 1.41. The Morgan fingerprint density at radius 1 is 0.958 bits per heavy atom. The summed E-state index contributed by atoms with van der Waals surface area (Å²) in [7, 11) is 2.63. The lowest BCUT2D eigenvalue weighted by molar-refractivity contribution is -0.118. The van der Waals surface area contributed by atoms with Gasteiger partial charge in [-0.25, -0.2) is 9.59 Å². The highest BCUT2D eigenvalue weighted by Gasteiger charge is 2.08. The molecule has 24 heavy (non-hydrogen) atoms. The van der Waals surface area contributed by atoms with Crippen molar-refractivity contribution in [2.45, 2.75) is 6.92 Å². The smallest absolute Gasteiger partial charge is 0.325 e. The van der Waals surface area contributed by atoms with Gasteiger partial charge in [-0.1, -0.05) is 39.8 Å². The molecule has 1 aromatic rings. The summed E-state index contributed by atoms with van der Waals surface area (Å²) in [5.74, 6) is -0.186. The van der Waals surface area contributed by atoms with Gasteiger partial charge in [0.05, 0.1) is 5.75 Å². The van der Waals surface area contributed by atoms with Crippen molar-refractivity contribution < 1.29 is 19.2 Å². The highest BCUT2D eigenvalue weighted by atomic mass is 33.1. The van der Waals surface area contributed by atoms with Crippen LogP contribution in [0.15, 0.2) is 30.3 Å². The van der Waals surface area contributed by atoms with Crippen molar-refractivity contribution in [3.63, 3.8) is 0 Å². The Morgan fingerprint density at radius 3 is 2.33 bits per heavy atom. The summed E-state index contributed by atoms with van der Waals surface area (Å²) in [6.45, 7) is 1.60. The van der Waals surface area contributed by atoms with E-state index in [1.807, 2.05) is 6.07 Å². The first kappa shape index (κ1) is 19.8. The summed E-state index contributed by atoms with van der Waals surface area (Å²) in [5, 5.41) is 9.33. The molecule has 0 bridgehead atoms. The van der Waals surface area contributed by atoms with Gasteiger partial charge < -0.3 is 10.6 Å². The minimum absolute atomic E-state index is 0.104. The second kappa shape index (κ2) is 11.4. The molecule has 0 aliphatic heterocycles. The number of imide groups is 2. The minimum Gasteiger partial charge on any atom is -0.337 e. The minimum atomic E-state index is -0.584. The lowest BCUT2D eigenvalue weighted by Crippen LogP contribution is -2.39. The first-order valence-electron chi connectivity index (χ1n) is 6.93. The van der Waals surface area contributed by atoms with Crippen molar-refractivity contribution in [2.24, 2.45) is 0 Å². The third kappa shape index (κ3) is 9.74. The topological polar surface area (TPSA) is 116 Å². The molecule has 10 heteroatoms. The Morgan fingerprint density at radius 2 is 1.67 bits per heavy atom. The largest absolute Gasteiger partial charge is 0.337 e. The van der Waals surface area contributed by atoms with E-state index in [1.165, 1.54) is 28.5 Å². The molecule has 8 nitrogen and oxygen atoms in total. The average molecular weight is 370 g/mol. The molecule has 0 radical (unpaired) electrons. The van der Waals surface area contributed by atoms with Crippen molar-refractivity contribution >= 4 is 51.2 Å². The van der Waals surface area contributed by atoms with E-state index in [-0.39, 0.29) is 5.75 Å². The molecule has 0 saturated heterocycles. The summed E-state index contributed by atoms with van der Waals surface area (Å²) < 4.78 is 0. The number of rotatable bonds is 7. The molecule has 0 fully saturated rings. The maximum absolute atomic E-state index is 11.6. The Labute approximate surface area is 147 Å². The SMILES string of the molecule is CC(=O)NC(=O)NCCSSCC(=O)NC(=O)Nc1ccccc1. The molecule has 0 heterocycles. The molecule has 0 aliphatic rings. The van der Waals surface area contributed by atoms with Gasteiger partial charge in [-0.2, -0.15) is 0 Å². The van der Waals surface area contributed by atoms with Crippen LogP contribution in [-0.2, 0) is 9.59 Å². The first-order valence-corrected chi connectivity index (χ1v) is 9.42. The summed E-state index contributed by atoms with van der Waals surface area (Å²) in [6, 6.07) is 7.65. The van der Waals surface area contributed by atoms with Crippen LogP contribution in [0.3, 0.4) is 0 Å². The number of hydrogen-bond donors (Lipinski definition) is 4. The molecule has 0 saturated carbocycles. The Kier molecular flexibility index (Phi) is 9.39. The maximum atomic E-state index is 11.6. The van der Waals surface area contributed by atoms with E-state index in [1.54, 1.807) is 24.3 Å². The number of benzene rings is 1. The van der Waals surface area contributed by atoms with Gasteiger partial charge in [-0.15, -0.1) is 0 Å². The Hall–Kier alpha value is -2.20. The molecule has 0 aromatic heterocycles. The predicted molar refractivity (Wildman–Crippen MR) is 95.7 cm³/mol. The van der Waals surface area contributed by atoms with E-state index in [2.05, 4.69) is 21.3 Å². The zero-order chi connectivity index (χ0) is 17.8. The quantitative estimate of drug-likeness (QED) is 0.428. The van der Waals surface area contributed by atoms with Gasteiger partial charge in [0.25, 0.3) is 0 Å². The van der Waals surface area contributed by atoms with Gasteiger partial charge in [0.1, 0.15) is 0 Å². The second-order valence-electron chi connectivity index (χ2n) is 4.39. The molecule has 6 amide bonds. The van der Waals surface area contributed by atoms with Gasteiger partial charge in [-0.3, -0.25) is 20.2 Å². The van der Waals surface area contributed by atoms with Crippen LogP contribution >= 0.6 is 21.6 Å². The molecule has 4 N–H and O–H groups in total. The van der Waals surface area contributed by atoms with Crippen molar-refractivity contribution in [2.75, 3.05) is 23.4 Å². The molecule has 0 unspecified atom stereocenters. The summed E-state index contributed by atoms with van der Waals surface area (Å²) in [6.07, 6.45) is 0. The van der Waals surface area contributed by atoms with Crippen molar-refractivity contribution in [3.8, 4) is 0 Å². The monoisotopic (exact) mass is 370 g/mol.